The number of hydrogen-bond donors (Lipinski definition) is 1. The zero-order valence-electron chi connectivity index (χ0n) is 18.4. The predicted molar refractivity (Wildman–Crippen MR) is 130 cm³/mol. The highest BCUT2D eigenvalue weighted by Crippen LogP contribution is 2.28. The number of amides is 1. The van der Waals surface area contributed by atoms with E-state index in [9.17, 15) is 9.59 Å². The van der Waals surface area contributed by atoms with Crippen molar-refractivity contribution in [1.29, 1.82) is 0 Å². The van der Waals surface area contributed by atoms with Crippen molar-refractivity contribution < 1.29 is 13.9 Å². The van der Waals surface area contributed by atoms with Crippen molar-refractivity contribution in [3.8, 4) is 0 Å². The molecule has 0 saturated carbocycles. The maximum atomic E-state index is 13.4. The fourth-order valence-corrected chi connectivity index (χ4v) is 4.91. The van der Waals surface area contributed by atoms with Gasteiger partial charge in [-0.25, -0.2) is 4.98 Å². The average Bonchev–Trinajstić information content (AvgIpc) is 3.48. The Hall–Kier alpha value is -3.10. The first-order chi connectivity index (χ1) is 16.1. The summed E-state index contributed by atoms with van der Waals surface area (Å²) < 4.78 is 13.2. The van der Waals surface area contributed by atoms with Gasteiger partial charge >= 0.3 is 0 Å². The summed E-state index contributed by atoms with van der Waals surface area (Å²) in [7, 11) is 0. The van der Waals surface area contributed by atoms with Gasteiger partial charge in [0.05, 0.1) is 18.4 Å². The number of hydrogen-bond acceptors (Lipinski definition) is 6. The summed E-state index contributed by atoms with van der Waals surface area (Å²) in [5.41, 5.74) is 3.06. The molecule has 1 saturated heterocycles. The van der Waals surface area contributed by atoms with E-state index in [-0.39, 0.29) is 28.9 Å². The van der Waals surface area contributed by atoms with Gasteiger partial charge in [-0.15, -0.1) is 0 Å². The molecule has 4 aromatic rings. The van der Waals surface area contributed by atoms with Crippen molar-refractivity contribution in [2.45, 2.75) is 44.0 Å². The lowest BCUT2D eigenvalue weighted by Gasteiger charge is -2.15. The Bertz CT molecular complexity index is 1370. The summed E-state index contributed by atoms with van der Waals surface area (Å²) in [5.74, 6) is -0.0152. The molecule has 0 aliphatic carbocycles. The molecule has 7 nitrogen and oxygen atoms in total. The van der Waals surface area contributed by atoms with Crippen LogP contribution in [-0.2, 0) is 22.5 Å². The van der Waals surface area contributed by atoms with Gasteiger partial charge in [-0.2, -0.15) is 0 Å². The topological polar surface area (TPSA) is 86.4 Å². The third kappa shape index (κ3) is 4.54. The van der Waals surface area contributed by atoms with E-state index in [0.29, 0.717) is 29.4 Å². The van der Waals surface area contributed by atoms with E-state index in [2.05, 4.69) is 12.2 Å². The highest BCUT2D eigenvalue weighted by atomic mass is 32.2. The lowest BCUT2D eigenvalue weighted by atomic mass is 10.1. The van der Waals surface area contributed by atoms with Crippen molar-refractivity contribution in [1.82, 2.24) is 9.55 Å². The summed E-state index contributed by atoms with van der Waals surface area (Å²) in [5, 5.41) is 4.22. The zero-order chi connectivity index (χ0) is 22.8. The molecule has 1 aliphatic rings. The summed E-state index contributed by atoms with van der Waals surface area (Å²) in [6, 6.07) is 15.3. The summed E-state index contributed by atoms with van der Waals surface area (Å²) in [6.07, 6.45) is 2.72. The molecule has 0 spiro atoms. The van der Waals surface area contributed by atoms with Crippen LogP contribution in [0.25, 0.3) is 22.1 Å². The van der Waals surface area contributed by atoms with Gasteiger partial charge in [-0.3, -0.25) is 14.2 Å². The number of fused-ring (bicyclic) bond motifs is 3. The SMILES string of the molecule is CCc1cccc(NC(=O)CSc2nc3c(oc4ccccc43)c(=O)n2C[C@H]2CCCO2)c1. The van der Waals surface area contributed by atoms with E-state index >= 15 is 0 Å². The van der Waals surface area contributed by atoms with Crippen LogP contribution in [0, 0.1) is 0 Å². The van der Waals surface area contributed by atoms with Gasteiger partial charge in [0.25, 0.3) is 5.56 Å². The first kappa shape index (κ1) is 21.7. The van der Waals surface area contributed by atoms with Crippen molar-refractivity contribution in [3.63, 3.8) is 0 Å². The molecule has 1 atom stereocenters. The monoisotopic (exact) mass is 463 g/mol. The second-order valence-corrected chi connectivity index (χ2v) is 9.05. The maximum Gasteiger partial charge on any atom is 0.297 e. The standard InChI is InChI=1S/C25H25N3O4S/c1-2-16-7-5-8-17(13-16)26-21(29)15-33-25-27-22-19-10-3-4-11-20(19)32-23(22)24(30)28(25)14-18-9-6-12-31-18/h3-5,7-8,10-11,13,18H,2,6,9,12,14-15H2,1H3,(H,26,29)/t18-/m1/s1. The molecular formula is C25H25N3O4S. The van der Waals surface area contributed by atoms with Crippen molar-refractivity contribution >= 4 is 45.4 Å². The van der Waals surface area contributed by atoms with Gasteiger partial charge < -0.3 is 14.5 Å². The molecule has 5 rings (SSSR count). The number of nitrogens with one attached hydrogen (secondary N) is 1. The van der Waals surface area contributed by atoms with Gasteiger partial charge in [-0.1, -0.05) is 43.0 Å². The molecule has 33 heavy (non-hydrogen) atoms. The molecule has 1 amide bonds. The Balaban J connectivity index is 1.45. The van der Waals surface area contributed by atoms with Gasteiger partial charge in [0.1, 0.15) is 11.1 Å². The van der Waals surface area contributed by atoms with Crippen LogP contribution in [0.5, 0.6) is 0 Å². The molecule has 2 aromatic carbocycles. The maximum absolute atomic E-state index is 13.4. The zero-order valence-corrected chi connectivity index (χ0v) is 19.2. The lowest BCUT2D eigenvalue weighted by molar-refractivity contribution is -0.113. The van der Waals surface area contributed by atoms with E-state index in [1.165, 1.54) is 11.8 Å². The molecular weight excluding hydrogens is 438 g/mol. The van der Waals surface area contributed by atoms with Gasteiger partial charge in [0.15, 0.2) is 5.16 Å². The number of nitrogens with zero attached hydrogens (tertiary/aromatic N) is 2. The van der Waals surface area contributed by atoms with Crippen LogP contribution in [-0.4, -0.2) is 33.9 Å². The Morgan fingerprint density at radius 3 is 2.94 bits per heavy atom. The lowest BCUT2D eigenvalue weighted by Crippen LogP contribution is -2.29. The molecule has 3 heterocycles. The fraction of sp³-hybridized carbons (Fsp3) is 0.320. The highest BCUT2D eigenvalue weighted by Gasteiger charge is 2.23. The first-order valence-electron chi connectivity index (χ1n) is 11.2. The molecule has 8 heteroatoms. The average molecular weight is 464 g/mol. The molecule has 170 valence electrons. The summed E-state index contributed by atoms with van der Waals surface area (Å²) in [4.78, 5) is 30.8. The van der Waals surface area contributed by atoms with E-state index < -0.39 is 0 Å². The second kappa shape index (κ2) is 9.41. The molecule has 1 N–H and O–H groups in total. The highest BCUT2D eigenvalue weighted by molar-refractivity contribution is 7.99. The molecule has 0 unspecified atom stereocenters. The number of ether oxygens (including phenoxy) is 1. The molecule has 0 bridgehead atoms. The molecule has 0 radical (unpaired) electrons. The number of carbonyl (C=O) groups is 1. The van der Waals surface area contributed by atoms with Crippen LogP contribution in [0.15, 0.2) is 62.9 Å². The van der Waals surface area contributed by atoms with Crippen LogP contribution in [0.3, 0.4) is 0 Å². The summed E-state index contributed by atoms with van der Waals surface area (Å²) >= 11 is 1.25. The van der Waals surface area contributed by atoms with Crippen LogP contribution < -0.4 is 10.9 Å². The van der Waals surface area contributed by atoms with E-state index in [4.69, 9.17) is 14.1 Å². The van der Waals surface area contributed by atoms with Crippen molar-refractivity contribution in [2.24, 2.45) is 0 Å². The number of furan rings is 1. The number of aryl methyl sites for hydroxylation is 1. The number of thioether (sulfide) groups is 1. The number of aromatic nitrogens is 2. The number of rotatable bonds is 7. The van der Waals surface area contributed by atoms with Crippen molar-refractivity contribution in [3.05, 3.63) is 64.4 Å². The molecule has 1 fully saturated rings. The van der Waals surface area contributed by atoms with E-state index in [1.54, 1.807) is 4.57 Å². The number of anilines is 1. The first-order valence-corrected chi connectivity index (χ1v) is 12.2. The van der Waals surface area contributed by atoms with Gasteiger partial charge in [0, 0.05) is 17.7 Å². The Morgan fingerprint density at radius 2 is 2.12 bits per heavy atom. The second-order valence-electron chi connectivity index (χ2n) is 8.11. The molecule has 1 aliphatic heterocycles. The van der Waals surface area contributed by atoms with E-state index in [1.807, 2.05) is 48.5 Å². The third-order valence-electron chi connectivity index (χ3n) is 5.81. The Labute approximate surface area is 195 Å². The third-order valence-corrected chi connectivity index (χ3v) is 6.78. The smallest absolute Gasteiger partial charge is 0.297 e. The van der Waals surface area contributed by atoms with E-state index in [0.717, 1.165) is 35.9 Å². The largest absolute Gasteiger partial charge is 0.448 e. The fourth-order valence-electron chi connectivity index (χ4n) is 4.11. The summed E-state index contributed by atoms with van der Waals surface area (Å²) in [6.45, 7) is 3.16. The number of carbonyl (C=O) groups excluding carboxylic acids is 1. The Kier molecular flexibility index (Phi) is 6.20. The van der Waals surface area contributed by atoms with Crippen LogP contribution >= 0.6 is 11.8 Å². The van der Waals surface area contributed by atoms with Crippen LogP contribution in [0.4, 0.5) is 5.69 Å². The van der Waals surface area contributed by atoms with Crippen LogP contribution in [0.2, 0.25) is 0 Å². The molecule has 2 aromatic heterocycles. The van der Waals surface area contributed by atoms with Gasteiger partial charge in [0.2, 0.25) is 11.5 Å². The minimum Gasteiger partial charge on any atom is -0.448 e. The normalized spacial score (nSPS) is 16.0. The number of para-hydroxylation sites is 1. The minimum atomic E-state index is -0.245. The Morgan fingerprint density at radius 1 is 1.24 bits per heavy atom. The predicted octanol–water partition coefficient (Wildman–Crippen LogP) is 4.61. The quantitative estimate of drug-likeness (QED) is 0.318. The number of benzene rings is 2. The van der Waals surface area contributed by atoms with Crippen molar-refractivity contribution in [2.75, 3.05) is 17.7 Å². The van der Waals surface area contributed by atoms with Gasteiger partial charge in [-0.05, 0) is 49.1 Å². The minimum absolute atomic E-state index is 0.0451. The van der Waals surface area contributed by atoms with Crippen LogP contribution in [0.1, 0.15) is 25.3 Å².